The summed E-state index contributed by atoms with van der Waals surface area (Å²) in [4.78, 5) is 0. The highest BCUT2D eigenvalue weighted by atomic mass is 16.5. The molecule has 0 radical (unpaired) electrons. The Morgan fingerprint density at radius 2 is 2.00 bits per heavy atom. The van der Waals surface area contributed by atoms with Gasteiger partial charge in [-0.25, -0.2) is 0 Å². The predicted molar refractivity (Wildman–Crippen MR) is 58.6 cm³/mol. The lowest BCUT2D eigenvalue weighted by molar-refractivity contribution is 0.196. The van der Waals surface area contributed by atoms with Gasteiger partial charge in [-0.3, -0.25) is 0 Å². The van der Waals surface area contributed by atoms with E-state index in [-0.39, 0.29) is 0 Å². The van der Waals surface area contributed by atoms with E-state index in [1.807, 2.05) is 6.92 Å². The second kappa shape index (κ2) is 6.76. The van der Waals surface area contributed by atoms with Gasteiger partial charge in [-0.1, -0.05) is 25.2 Å². The topological polar surface area (TPSA) is 9.23 Å². The van der Waals surface area contributed by atoms with Crippen LogP contribution in [0.1, 0.15) is 40.5 Å². The van der Waals surface area contributed by atoms with Gasteiger partial charge in [-0.15, -0.1) is 0 Å². The summed E-state index contributed by atoms with van der Waals surface area (Å²) in [7, 11) is 0. The van der Waals surface area contributed by atoms with Gasteiger partial charge in [0.05, 0.1) is 12.4 Å². The van der Waals surface area contributed by atoms with Crippen molar-refractivity contribution in [1.82, 2.24) is 0 Å². The van der Waals surface area contributed by atoms with Crippen molar-refractivity contribution in [3.05, 3.63) is 24.0 Å². The van der Waals surface area contributed by atoms with Crippen LogP contribution in [0.2, 0.25) is 0 Å². The zero-order valence-electron chi connectivity index (χ0n) is 9.39. The van der Waals surface area contributed by atoms with E-state index in [1.165, 1.54) is 5.57 Å². The lowest BCUT2D eigenvalue weighted by atomic mass is 10.0. The van der Waals surface area contributed by atoms with Crippen molar-refractivity contribution < 1.29 is 4.74 Å². The number of allylic oxidation sites excluding steroid dienone is 3. The van der Waals surface area contributed by atoms with E-state index in [2.05, 4.69) is 33.4 Å². The summed E-state index contributed by atoms with van der Waals surface area (Å²) >= 11 is 0. The summed E-state index contributed by atoms with van der Waals surface area (Å²) in [6.45, 7) is 12.9. The third kappa shape index (κ3) is 9.19. The molecule has 0 saturated heterocycles. The first-order valence-corrected chi connectivity index (χ1v) is 4.94. The Morgan fingerprint density at radius 1 is 1.38 bits per heavy atom. The van der Waals surface area contributed by atoms with Gasteiger partial charge in [-0.05, 0) is 39.5 Å². The summed E-state index contributed by atoms with van der Waals surface area (Å²) in [5, 5.41) is 0. The molecular weight excluding hydrogens is 160 g/mol. The van der Waals surface area contributed by atoms with Crippen molar-refractivity contribution in [2.24, 2.45) is 5.92 Å². The van der Waals surface area contributed by atoms with Crippen LogP contribution in [0, 0.1) is 5.92 Å². The first kappa shape index (κ1) is 12.3. The summed E-state index contributed by atoms with van der Waals surface area (Å²) in [6, 6.07) is 0. The molecule has 0 rings (SSSR count). The van der Waals surface area contributed by atoms with Gasteiger partial charge in [0.25, 0.3) is 0 Å². The van der Waals surface area contributed by atoms with Crippen molar-refractivity contribution in [2.45, 2.75) is 40.5 Å². The Morgan fingerprint density at radius 3 is 2.46 bits per heavy atom. The smallest absolute Gasteiger partial charge is 0.0879 e. The molecule has 13 heavy (non-hydrogen) atoms. The normalized spacial score (nSPS) is 12.0. The molecule has 76 valence electrons. The molecule has 0 saturated carbocycles. The molecule has 0 fully saturated rings. The molecule has 1 unspecified atom stereocenters. The van der Waals surface area contributed by atoms with Gasteiger partial charge >= 0.3 is 0 Å². The van der Waals surface area contributed by atoms with E-state index < -0.39 is 0 Å². The SMILES string of the molecule is C=C(C)OCCC(C)CC=C(C)C. The van der Waals surface area contributed by atoms with Gasteiger partial charge in [-0.2, -0.15) is 0 Å². The highest BCUT2D eigenvalue weighted by Crippen LogP contribution is 2.10. The average Bonchev–Trinajstić information content (AvgIpc) is 2.00. The zero-order valence-corrected chi connectivity index (χ0v) is 9.39. The molecule has 1 atom stereocenters. The first-order chi connectivity index (χ1) is 6.02. The maximum atomic E-state index is 5.30. The maximum Gasteiger partial charge on any atom is 0.0879 e. The highest BCUT2D eigenvalue weighted by Gasteiger charge is 1.99. The van der Waals surface area contributed by atoms with Crippen LogP contribution in [0.3, 0.4) is 0 Å². The van der Waals surface area contributed by atoms with Crippen LogP contribution in [0.25, 0.3) is 0 Å². The molecule has 0 amide bonds. The van der Waals surface area contributed by atoms with Crippen molar-refractivity contribution in [3.8, 4) is 0 Å². The molecular formula is C12H22O. The van der Waals surface area contributed by atoms with Gasteiger partial charge in [0, 0.05) is 0 Å². The van der Waals surface area contributed by atoms with Crippen LogP contribution in [0.15, 0.2) is 24.0 Å². The minimum Gasteiger partial charge on any atom is -0.499 e. The molecule has 0 bridgehead atoms. The van der Waals surface area contributed by atoms with Crippen LogP contribution in [0.5, 0.6) is 0 Å². The highest BCUT2D eigenvalue weighted by molar-refractivity contribution is 4.93. The van der Waals surface area contributed by atoms with Crippen molar-refractivity contribution in [2.75, 3.05) is 6.61 Å². The summed E-state index contributed by atoms with van der Waals surface area (Å²) in [5.41, 5.74) is 1.40. The van der Waals surface area contributed by atoms with Crippen molar-refractivity contribution in [1.29, 1.82) is 0 Å². The summed E-state index contributed by atoms with van der Waals surface area (Å²) in [5.74, 6) is 1.52. The average molecular weight is 182 g/mol. The minimum absolute atomic E-state index is 0.703. The molecule has 1 heteroatoms. The van der Waals surface area contributed by atoms with Crippen LogP contribution in [-0.4, -0.2) is 6.61 Å². The molecule has 0 aromatic carbocycles. The van der Waals surface area contributed by atoms with Crippen molar-refractivity contribution >= 4 is 0 Å². The Kier molecular flexibility index (Phi) is 6.38. The largest absolute Gasteiger partial charge is 0.499 e. The predicted octanol–water partition coefficient (Wildman–Crippen LogP) is 3.92. The number of hydrogen-bond donors (Lipinski definition) is 0. The molecule has 0 aromatic rings. The molecule has 0 heterocycles. The monoisotopic (exact) mass is 182 g/mol. The number of ether oxygens (including phenoxy) is 1. The van der Waals surface area contributed by atoms with E-state index in [0.29, 0.717) is 5.92 Å². The van der Waals surface area contributed by atoms with E-state index in [0.717, 1.165) is 25.2 Å². The summed E-state index contributed by atoms with van der Waals surface area (Å²) < 4.78 is 5.30. The zero-order chi connectivity index (χ0) is 10.3. The molecule has 0 aliphatic rings. The lowest BCUT2D eigenvalue weighted by Crippen LogP contribution is -1.99. The van der Waals surface area contributed by atoms with Gasteiger partial charge in [0.2, 0.25) is 0 Å². The fourth-order valence-electron chi connectivity index (χ4n) is 0.989. The Balaban J connectivity index is 3.46. The van der Waals surface area contributed by atoms with Crippen LogP contribution >= 0.6 is 0 Å². The van der Waals surface area contributed by atoms with E-state index in [4.69, 9.17) is 4.74 Å². The number of hydrogen-bond acceptors (Lipinski definition) is 1. The van der Waals surface area contributed by atoms with E-state index in [1.54, 1.807) is 0 Å². The van der Waals surface area contributed by atoms with Gasteiger partial charge in [0.15, 0.2) is 0 Å². The molecule has 0 aromatic heterocycles. The van der Waals surface area contributed by atoms with Crippen LogP contribution in [0.4, 0.5) is 0 Å². The Labute approximate surface area is 82.5 Å². The Bertz CT molecular complexity index is 176. The molecule has 1 nitrogen and oxygen atoms in total. The van der Waals surface area contributed by atoms with E-state index >= 15 is 0 Å². The number of rotatable bonds is 6. The van der Waals surface area contributed by atoms with Crippen LogP contribution < -0.4 is 0 Å². The second-order valence-electron chi connectivity index (χ2n) is 3.96. The molecule has 0 aliphatic heterocycles. The minimum atomic E-state index is 0.703. The molecule has 0 N–H and O–H groups in total. The van der Waals surface area contributed by atoms with Crippen LogP contribution in [-0.2, 0) is 4.74 Å². The fraction of sp³-hybridized carbons (Fsp3) is 0.667. The van der Waals surface area contributed by atoms with E-state index in [9.17, 15) is 0 Å². The summed E-state index contributed by atoms with van der Waals surface area (Å²) in [6.07, 6.45) is 4.55. The first-order valence-electron chi connectivity index (χ1n) is 4.94. The molecule has 0 aliphatic carbocycles. The van der Waals surface area contributed by atoms with Gasteiger partial charge < -0.3 is 4.74 Å². The standard InChI is InChI=1S/C12H22O/c1-10(2)6-7-12(5)8-9-13-11(3)4/h6,12H,3,7-9H2,1-2,4-5H3. The maximum absolute atomic E-state index is 5.30. The third-order valence-electron chi connectivity index (χ3n) is 1.89. The van der Waals surface area contributed by atoms with Crippen molar-refractivity contribution in [3.63, 3.8) is 0 Å². The fourth-order valence-corrected chi connectivity index (χ4v) is 0.989. The quantitative estimate of drug-likeness (QED) is 0.447. The van der Waals surface area contributed by atoms with Gasteiger partial charge in [0.1, 0.15) is 0 Å². The second-order valence-corrected chi connectivity index (χ2v) is 3.96. The third-order valence-corrected chi connectivity index (χ3v) is 1.89. The Hall–Kier alpha value is -0.720. The lowest BCUT2D eigenvalue weighted by Gasteiger charge is -2.10. The molecule has 0 spiro atoms.